The molecule has 2 aromatic carbocycles. The Balaban J connectivity index is 1.83. The lowest BCUT2D eigenvalue weighted by Gasteiger charge is -2.18. The van der Waals surface area contributed by atoms with Gasteiger partial charge in [0.25, 0.3) is 10.0 Å². The van der Waals surface area contributed by atoms with Crippen molar-refractivity contribution in [3.05, 3.63) is 65.9 Å². The number of hydrogen-bond acceptors (Lipinski definition) is 5. The van der Waals surface area contributed by atoms with Gasteiger partial charge in [0.05, 0.1) is 16.0 Å². The maximum atomic E-state index is 13.1. The van der Waals surface area contributed by atoms with Crippen LogP contribution in [0.3, 0.4) is 0 Å². The number of rotatable bonds is 7. The molecule has 6 nitrogen and oxygen atoms in total. The number of benzene rings is 2. The summed E-state index contributed by atoms with van der Waals surface area (Å²) in [5.41, 5.74) is -0.273. The van der Waals surface area contributed by atoms with Crippen molar-refractivity contribution in [3.63, 3.8) is 0 Å². The first kappa shape index (κ1) is 25.6. The van der Waals surface area contributed by atoms with E-state index in [1.807, 2.05) is 0 Å². The Morgan fingerprint density at radius 2 is 1.71 bits per heavy atom. The molecule has 3 aromatic rings. The van der Waals surface area contributed by atoms with Crippen LogP contribution in [0.2, 0.25) is 0 Å². The van der Waals surface area contributed by atoms with Crippen molar-refractivity contribution in [2.24, 2.45) is 0 Å². The molecule has 0 bridgehead atoms. The molecule has 0 aliphatic rings. The van der Waals surface area contributed by atoms with Crippen LogP contribution in [-0.2, 0) is 32.3 Å². The van der Waals surface area contributed by atoms with Gasteiger partial charge in [-0.3, -0.25) is 4.90 Å². The number of fused-ring (bicyclic) bond motifs is 1. The molecule has 3 rings (SSSR count). The van der Waals surface area contributed by atoms with Crippen LogP contribution < -0.4 is 0 Å². The smallest absolute Gasteiger partial charge is 0.458 e. The lowest BCUT2D eigenvalue weighted by molar-refractivity contribution is -0.199. The molecule has 0 fully saturated rings. The molecule has 0 amide bonds. The van der Waals surface area contributed by atoms with Crippen LogP contribution in [0.5, 0.6) is 0 Å². The molecule has 0 spiro atoms. The number of aromatic nitrogens is 1. The largest absolute Gasteiger partial charge is 0.490 e. The summed E-state index contributed by atoms with van der Waals surface area (Å²) < 4.78 is 107. The molecule has 1 heterocycles. The number of hydrogen-bond donors (Lipinski definition) is 0. The molecule has 0 N–H and O–H groups in total. The maximum absolute atomic E-state index is 13.1. The molecule has 0 saturated heterocycles. The Labute approximate surface area is 190 Å². The highest BCUT2D eigenvalue weighted by Gasteiger charge is 2.40. The van der Waals surface area contributed by atoms with Crippen molar-refractivity contribution in [2.45, 2.75) is 23.8 Å². The summed E-state index contributed by atoms with van der Waals surface area (Å²) in [6.45, 7) is -0.355. The molecule has 0 saturated carbocycles. The number of likely N-dealkylation sites (N-methyl/N-ethyl adjacent to an activating group) is 1. The minimum atomic E-state index is -5.09. The Hall–Kier alpha value is -3.06. The Morgan fingerprint density at radius 3 is 2.35 bits per heavy atom. The minimum Gasteiger partial charge on any atom is -0.458 e. The van der Waals surface area contributed by atoms with Crippen molar-refractivity contribution >= 4 is 26.9 Å². The number of halogens is 6. The fraction of sp³-hybridized carbons (Fsp3) is 0.286. The van der Waals surface area contributed by atoms with Gasteiger partial charge in [-0.2, -0.15) is 26.3 Å². The van der Waals surface area contributed by atoms with Gasteiger partial charge in [-0.1, -0.05) is 18.2 Å². The van der Waals surface area contributed by atoms with E-state index in [4.69, 9.17) is 0 Å². The summed E-state index contributed by atoms with van der Waals surface area (Å²) >= 11 is 0. The van der Waals surface area contributed by atoms with E-state index in [0.717, 1.165) is 22.2 Å². The van der Waals surface area contributed by atoms with Gasteiger partial charge in [-0.25, -0.2) is 17.2 Å². The highest BCUT2D eigenvalue weighted by atomic mass is 32.2. The topological polar surface area (TPSA) is 68.6 Å². The number of esters is 1. The fourth-order valence-electron chi connectivity index (χ4n) is 3.25. The van der Waals surface area contributed by atoms with Crippen LogP contribution in [-0.4, -0.2) is 49.6 Å². The molecule has 184 valence electrons. The van der Waals surface area contributed by atoms with Gasteiger partial charge in [0, 0.05) is 24.7 Å². The molecule has 0 aliphatic heterocycles. The van der Waals surface area contributed by atoms with Crippen LogP contribution in [0.25, 0.3) is 10.9 Å². The highest BCUT2D eigenvalue weighted by molar-refractivity contribution is 7.90. The summed E-state index contributed by atoms with van der Waals surface area (Å²) in [5, 5.41) is 0.484. The van der Waals surface area contributed by atoms with Crippen molar-refractivity contribution in [1.29, 1.82) is 0 Å². The minimum absolute atomic E-state index is 0.0263. The van der Waals surface area contributed by atoms with Gasteiger partial charge in [0.15, 0.2) is 0 Å². The Bertz CT molecular complexity index is 1300. The molecular weight excluding hydrogens is 490 g/mol. The van der Waals surface area contributed by atoms with Crippen LogP contribution in [0.4, 0.5) is 26.3 Å². The zero-order valence-corrected chi connectivity index (χ0v) is 18.3. The molecule has 13 heteroatoms. The van der Waals surface area contributed by atoms with Crippen molar-refractivity contribution in [2.75, 3.05) is 20.2 Å². The SMILES string of the molecule is CN(CCOC(=O)C(F)(F)F)Cc1cccc2c1ccn2S(=O)(=O)c1cccc(C(F)(F)F)c1. The van der Waals surface area contributed by atoms with Crippen molar-refractivity contribution < 1.29 is 44.3 Å². The van der Waals surface area contributed by atoms with E-state index in [-0.39, 0.29) is 18.6 Å². The van der Waals surface area contributed by atoms with E-state index in [9.17, 15) is 39.6 Å². The van der Waals surface area contributed by atoms with Crippen LogP contribution in [0.15, 0.2) is 59.6 Å². The lowest BCUT2D eigenvalue weighted by atomic mass is 10.1. The second kappa shape index (κ2) is 9.29. The van der Waals surface area contributed by atoms with Gasteiger partial charge < -0.3 is 4.74 Å². The molecule has 34 heavy (non-hydrogen) atoms. The number of carbonyl (C=O) groups is 1. The van der Waals surface area contributed by atoms with Crippen molar-refractivity contribution in [3.8, 4) is 0 Å². The summed E-state index contributed by atoms with van der Waals surface area (Å²) in [6.07, 6.45) is -8.58. The number of ether oxygens (including phenoxy) is 1. The van der Waals surface area contributed by atoms with E-state index in [0.29, 0.717) is 17.0 Å². The summed E-state index contributed by atoms with van der Waals surface area (Å²) in [6, 6.07) is 9.58. The number of nitrogens with zero attached hydrogens (tertiary/aromatic N) is 2. The number of carbonyl (C=O) groups excluding carboxylic acids is 1. The van der Waals surface area contributed by atoms with Gasteiger partial charge in [0.2, 0.25) is 0 Å². The second-order valence-electron chi connectivity index (χ2n) is 7.36. The van der Waals surface area contributed by atoms with E-state index >= 15 is 0 Å². The average Bonchev–Trinajstić information content (AvgIpc) is 3.18. The Morgan fingerprint density at radius 1 is 1.03 bits per heavy atom. The zero-order chi connectivity index (χ0) is 25.3. The quantitative estimate of drug-likeness (QED) is 0.349. The van der Waals surface area contributed by atoms with E-state index in [2.05, 4.69) is 4.74 Å². The summed E-state index contributed by atoms with van der Waals surface area (Å²) in [7, 11) is -2.78. The van der Waals surface area contributed by atoms with Crippen LogP contribution in [0.1, 0.15) is 11.1 Å². The third-order valence-corrected chi connectivity index (χ3v) is 6.57. The third-order valence-electron chi connectivity index (χ3n) is 4.88. The van der Waals surface area contributed by atoms with Crippen LogP contribution >= 0.6 is 0 Å². The van der Waals surface area contributed by atoms with Crippen molar-refractivity contribution in [1.82, 2.24) is 8.87 Å². The molecule has 0 unspecified atom stereocenters. The summed E-state index contributed by atoms with van der Waals surface area (Å²) in [5.74, 6) is -2.29. The normalized spacial score (nSPS) is 12.9. The average molecular weight is 508 g/mol. The highest BCUT2D eigenvalue weighted by Crippen LogP contribution is 2.32. The van der Waals surface area contributed by atoms with E-state index in [1.54, 1.807) is 24.1 Å². The first-order valence-corrected chi connectivity index (χ1v) is 11.1. The molecule has 1 aromatic heterocycles. The zero-order valence-electron chi connectivity index (χ0n) is 17.5. The fourth-order valence-corrected chi connectivity index (χ4v) is 4.64. The second-order valence-corrected chi connectivity index (χ2v) is 9.18. The standard InChI is InChI=1S/C21H18F6N2O4S/c1-28(10-11-33-19(30)21(25,26)27)13-14-4-2-7-18-17(14)8-9-29(18)34(31,32)16-6-3-5-15(12-16)20(22,23)24/h2-9,12H,10-11,13H2,1H3. The first-order chi connectivity index (χ1) is 15.7. The molecule has 0 radical (unpaired) electrons. The predicted molar refractivity (Wildman–Crippen MR) is 109 cm³/mol. The molecular formula is C21H18F6N2O4S. The van der Waals surface area contributed by atoms with E-state index < -0.39 is 45.4 Å². The summed E-state index contributed by atoms with van der Waals surface area (Å²) in [4.78, 5) is 11.8. The monoisotopic (exact) mass is 508 g/mol. The van der Waals surface area contributed by atoms with Gasteiger partial charge in [-0.05, 0) is 42.9 Å². The maximum Gasteiger partial charge on any atom is 0.490 e. The molecule has 0 aliphatic carbocycles. The Kier molecular flexibility index (Phi) is 6.99. The lowest BCUT2D eigenvalue weighted by Crippen LogP contribution is -2.29. The number of alkyl halides is 6. The van der Waals surface area contributed by atoms with Gasteiger partial charge >= 0.3 is 18.3 Å². The molecule has 0 atom stereocenters. The van der Waals surface area contributed by atoms with Gasteiger partial charge in [-0.15, -0.1) is 0 Å². The third kappa shape index (κ3) is 5.53. The van der Waals surface area contributed by atoms with E-state index in [1.165, 1.54) is 18.3 Å². The van der Waals surface area contributed by atoms with Gasteiger partial charge in [0.1, 0.15) is 6.61 Å². The predicted octanol–water partition coefficient (Wildman–Crippen LogP) is 4.43. The van der Waals surface area contributed by atoms with Crippen LogP contribution in [0, 0.1) is 0 Å². The first-order valence-electron chi connectivity index (χ1n) is 9.65.